The Labute approximate surface area is 133 Å². The summed E-state index contributed by atoms with van der Waals surface area (Å²) in [5, 5.41) is 0.427. The third kappa shape index (κ3) is 3.03. The molecule has 0 bridgehead atoms. The van der Waals surface area contributed by atoms with Crippen molar-refractivity contribution >= 4 is 11.6 Å². The Morgan fingerprint density at radius 1 is 1.14 bits per heavy atom. The molecule has 2 N–H and O–H groups in total. The normalized spacial score (nSPS) is 14.7. The van der Waals surface area contributed by atoms with Gasteiger partial charge in [-0.3, -0.25) is 0 Å². The predicted octanol–water partition coefficient (Wildman–Crippen LogP) is 3.54. The van der Waals surface area contributed by atoms with Crippen LogP contribution in [-0.2, 0) is 6.42 Å². The van der Waals surface area contributed by atoms with E-state index in [1.165, 1.54) is 6.07 Å². The molecule has 1 aliphatic heterocycles. The van der Waals surface area contributed by atoms with Crippen molar-refractivity contribution in [2.24, 2.45) is 5.73 Å². The second kappa shape index (κ2) is 6.55. The summed E-state index contributed by atoms with van der Waals surface area (Å²) in [6.45, 7) is 1.48. The van der Waals surface area contributed by atoms with Crippen LogP contribution in [0.25, 0.3) is 0 Å². The number of hydrogen-bond donors (Lipinski definition) is 1. The number of halogens is 2. The fourth-order valence-electron chi connectivity index (χ4n) is 2.62. The molecule has 0 aromatic heterocycles. The van der Waals surface area contributed by atoms with Crippen LogP contribution in [0, 0.1) is 5.82 Å². The molecule has 0 fully saturated rings. The average Bonchev–Trinajstić information content (AvgIpc) is 2.54. The first-order chi connectivity index (χ1) is 10.7. The smallest absolute Gasteiger partial charge is 0.161 e. The highest BCUT2D eigenvalue weighted by molar-refractivity contribution is 6.31. The number of hydrogen-bond acceptors (Lipinski definition) is 3. The van der Waals surface area contributed by atoms with Gasteiger partial charge in [-0.1, -0.05) is 23.7 Å². The molecule has 0 aliphatic carbocycles. The van der Waals surface area contributed by atoms with Crippen molar-refractivity contribution in [2.45, 2.75) is 12.3 Å². The van der Waals surface area contributed by atoms with Gasteiger partial charge in [-0.05, 0) is 42.8 Å². The largest absolute Gasteiger partial charge is 0.486 e. The van der Waals surface area contributed by atoms with E-state index in [2.05, 4.69) is 0 Å². The van der Waals surface area contributed by atoms with Crippen LogP contribution >= 0.6 is 11.6 Å². The summed E-state index contributed by atoms with van der Waals surface area (Å²) in [5.74, 6) is 1.10. The van der Waals surface area contributed by atoms with Gasteiger partial charge in [0.05, 0.1) is 0 Å². The van der Waals surface area contributed by atoms with E-state index in [-0.39, 0.29) is 11.7 Å². The summed E-state index contributed by atoms with van der Waals surface area (Å²) in [6.07, 6.45) is 0.446. The molecule has 3 nitrogen and oxygen atoms in total. The summed E-state index contributed by atoms with van der Waals surface area (Å²) in [6, 6.07) is 10.4. The lowest BCUT2D eigenvalue weighted by Crippen LogP contribution is -2.18. The van der Waals surface area contributed by atoms with E-state index in [1.807, 2.05) is 18.2 Å². The third-order valence-corrected chi connectivity index (χ3v) is 4.19. The summed E-state index contributed by atoms with van der Waals surface area (Å²) in [7, 11) is 0. The zero-order chi connectivity index (χ0) is 15.5. The Kier molecular flexibility index (Phi) is 4.50. The van der Waals surface area contributed by atoms with Crippen molar-refractivity contribution in [3.8, 4) is 11.5 Å². The molecule has 1 atom stereocenters. The lowest BCUT2D eigenvalue weighted by molar-refractivity contribution is 0.171. The van der Waals surface area contributed by atoms with E-state index >= 15 is 0 Å². The van der Waals surface area contributed by atoms with Gasteiger partial charge in [0.2, 0.25) is 0 Å². The van der Waals surface area contributed by atoms with Crippen LogP contribution in [0.3, 0.4) is 0 Å². The van der Waals surface area contributed by atoms with E-state index < -0.39 is 0 Å². The highest BCUT2D eigenvalue weighted by atomic mass is 35.5. The van der Waals surface area contributed by atoms with Gasteiger partial charge in [0.1, 0.15) is 19.0 Å². The second-order valence-corrected chi connectivity index (χ2v) is 5.65. The van der Waals surface area contributed by atoms with E-state index in [0.717, 1.165) is 11.3 Å². The topological polar surface area (TPSA) is 44.5 Å². The molecule has 2 aromatic rings. The van der Waals surface area contributed by atoms with E-state index in [1.54, 1.807) is 12.1 Å². The summed E-state index contributed by atoms with van der Waals surface area (Å²) >= 11 is 6.11. The molecule has 0 spiro atoms. The lowest BCUT2D eigenvalue weighted by atomic mass is 9.91. The van der Waals surface area contributed by atoms with Gasteiger partial charge in [0.25, 0.3) is 0 Å². The number of ether oxygens (including phenoxy) is 2. The van der Waals surface area contributed by atoms with Gasteiger partial charge in [-0.15, -0.1) is 0 Å². The first-order valence-electron chi connectivity index (χ1n) is 7.21. The van der Waals surface area contributed by atoms with Crippen molar-refractivity contribution in [2.75, 3.05) is 19.8 Å². The maximum absolute atomic E-state index is 14.0. The molecule has 1 unspecified atom stereocenters. The van der Waals surface area contributed by atoms with Crippen molar-refractivity contribution in [3.05, 3.63) is 58.4 Å². The van der Waals surface area contributed by atoms with E-state index in [9.17, 15) is 4.39 Å². The maximum atomic E-state index is 14.0. The zero-order valence-corrected chi connectivity index (χ0v) is 12.8. The minimum Gasteiger partial charge on any atom is -0.486 e. The molecule has 0 saturated heterocycles. The Hall–Kier alpha value is -1.78. The molecule has 0 saturated carbocycles. The Morgan fingerprint density at radius 2 is 1.91 bits per heavy atom. The number of fused-ring (bicyclic) bond motifs is 1. The first-order valence-corrected chi connectivity index (χ1v) is 7.59. The summed E-state index contributed by atoms with van der Waals surface area (Å²) in [4.78, 5) is 0. The van der Waals surface area contributed by atoms with Crippen LogP contribution in [-0.4, -0.2) is 19.8 Å². The molecule has 2 aromatic carbocycles. The van der Waals surface area contributed by atoms with Crippen LogP contribution in [0.4, 0.5) is 4.39 Å². The van der Waals surface area contributed by atoms with Crippen LogP contribution < -0.4 is 15.2 Å². The van der Waals surface area contributed by atoms with Crippen LogP contribution in [0.1, 0.15) is 17.0 Å². The molecule has 5 heteroatoms. The second-order valence-electron chi connectivity index (χ2n) is 5.24. The number of nitrogens with two attached hydrogens (primary N) is 1. The van der Waals surface area contributed by atoms with E-state index in [4.69, 9.17) is 26.8 Å². The Bertz CT molecular complexity index is 657. The molecule has 0 radical (unpaired) electrons. The molecule has 3 rings (SSSR count). The van der Waals surface area contributed by atoms with Crippen molar-refractivity contribution in [3.63, 3.8) is 0 Å². The Balaban J connectivity index is 1.88. The zero-order valence-electron chi connectivity index (χ0n) is 12.0. The number of benzene rings is 2. The van der Waals surface area contributed by atoms with Crippen molar-refractivity contribution in [1.29, 1.82) is 0 Å². The average molecular weight is 322 g/mol. The molecule has 0 amide bonds. The molecular weight excluding hydrogens is 305 g/mol. The van der Waals surface area contributed by atoms with Crippen molar-refractivity contribution in [1.82, 2.24) is 0 Å². The van der Waals surface area contributed by atoms with Gasteiger partial charge in [0, 0.05) is 16.5 Å². The minimum atomic E-state index is -0.302. The van der Waals surface area contributed by atoms with Gasteiger partial charge in [-0.25, -0.2) is 4.39 Å². The molecule has 1 aliphatic rings. The minimum absolute atomic E-state index is 0.0368. The van der Waals surface area contributed by atoms with Crippen LogP contribution in [0.5, 0.6) is 11.5 Å². The van der Waals surface area contributed by atoms with Crippen LogP contribution in [0.2, 0.25) is 5.02 Å². The van der Waals surface area contributed by atoms with Crippen molar-refractivity contribution < 1.29 is 13.9 Å². The molecular formula is C17H17ClFNO2. The maximum Gasteiger partial charge on any atom is 0.161 e. The van der Waals surface area contributed by atoms with Crippen LogP contribution in [0.15, 0.2) is 36.4 Å². The molecule has 1 heterocycles. The highest BCUT2D eigenvalue weighted by Crippen LogP contribution is 2.34. The third-order valence-electron chi connectivity index (χ3n) is 3.83. The Morgan fingerprint density at radius 3 is 2.64 bits per heavy atom. The monoisotopic (exact) mass is 321 g/mol. The fraction of sp³-hybridized carbons (Fsp3) is 0.294. The quantitative estimate of drug-likeness (QED) is 0.937. The summed E-state index contributed by atoms with van der Waals surface area (Å²) in [5.41, 5.74) is 7.38. The van der Waals surface area contributed by atoms with Gasteiger partial charge in [-0.2, -0.15) is 0 Å². The standard InChI is InChI=1S/C17H17ClFNO2/c18-14-2-1-3-15(19)13(14)8-12(10-20)11-4-5-16-17(9-11)22-7-6-21-16/h1-5,9,12H,6-8,10,20H2. The fourth-order valence-corrected chi connectivity index (χ4v) is 2.87. The molecule has 22 heavy (non-hydrogen) atoms. The predicted molar refractivity (Wildman–Crippen MR) is 84.3 cm³/mol. The SMILES string of the molecule is NCC(Cc1c(F)cccc1Cl)c1ccc2c(c1)OCCO2. The number of rotatable bonds is 4. The highest BCUT2D eigenvalue weighted by Gasteiger charge is 2.19. The van der Waals surface area contributed by atoms with E-state index in [0.29, 0.717) is 42.5 Å². The van der Waals surface area contributed by atoms with Gasteiger partial charge < -0.3 is 15.2 Å². The van der Waals surface area contributed by atoms with Gasteiger partial charge in [0.15, 0.2) is 11.5 Å². The summed E-state index contributed by atoms with van der Waals surface area (Å²) < 4.78 is 25.1. The lowest BCUT2D eigenvalue weighted by Gasteiger charge is -2.22. The first kappa shape index (κ1) is 15.1. The van der Waals surface area contributed by atoms with Gasteiger partial charge >= 0.3 is 0 Å². The molecule has 116 valence electrons.